The van der Waals surface area contributed by atoms with E-state index in [4.69, 9.17) is 20.3 Å². The number of ether oxygens (including phenoxy) is 1. The molecule has 0 aliphatic heterocycles. The summed E-state index contributed by atoms with van der Waals surface area (Å²) in [6, 6.07) is 14.6. The average molecular weight is 508 g/mol. The van der Waals surface area contributed by atoms with Gasteiger partial charge in [-0.2, -0.15) is 0 Å². The van der Waals surface area contributed by atoms with E-state index < -0.39 is 7.60 Å². The van der Waals surface area contributed by atoms with E-state index in [0.29, 0.717) is 18.8 Å². The van der Waals surface area contributed by atoms with Gasteiger partial charge in [0.15, 0.2) is 5.82 Å². The topological polar surface area (TPSA) is 119 Å². The van der Waals surface area contributed by atoms with Crippen LogP contribution in [-0.4, -0.2) is 32.5 Å². The molecule has 7 nitrogen and oxygen atoms in total. The fraction of sp³-hybridized carbons (Fsp3) is 0.357. The molecule has 0 saturated heterocycles. The number of nitrogens with two attached hydrogens (primary N) is 1. The summed E-state index contributed by atoms with van der Waals surface area (Å²) in [5.74, 6) is 1.31. The number of hydrogen-bond acceptors (Lipinski definition) is 5. The number of aryl methyl sites for hydroxylation is 4. The Morgan fingerprint density at radius 2 is 1.75 bits per heavy atom. The second-order valence-corrected chi connectivity index (χ2v) is 11.3. The van der Waals surface area contributed by atoms with Crippen LogP contribution in [0, 0.1) is 13.8 Å². The predicted molar refractivity (Wildman–Crippen MR) is 146 cm³/mol. The molecular formula is C28H34N3O4P. The first kappa shape index (κ1) is 26.1. The van der Waals surface area contributed by atoms with Crippen molar-refractivity contribution in [3.05, 3.63) is 70.9 Å². The zero-order valence-corrected chi connectivity index (χ0v) is 21.8. The number of nitrogens with zero attached hydrogens (tertiary/aromatic N) is 2. The number of hydrogen-bond donors (Lipinski definition) is 3. The minimum absolute atomic E-state index is 0.0364. The largest absolute Gasteiger partial charge is 0.494 e. The van der Waals surface area contributed by atoms with Gasteiger partial charge in [-0.3, -0.25) is 9.55 Å². The molecule has 2 aromatic carbocycles. The number of aromatic nitrogens is 2. The van der Waals surface area contributed by atoms with Crippen LogP contribution < -0.4 is 10.5 Å². The Kier molecular flexibility index (Phi) is 8.24. The Morgan fingerprint density at radius 3 is 2.53 bits per heavy atom. The first-order valence-corrected chi connectivity index (χ1v) is 14.2. The maximum Gasteiger partial charge on any atom is 0.325 e. The number of anilines is 1. The smallest absolute Gasteiger partial charge is 0.325 e. The van der Waals surface area contributed by atoms with Gasteiger partial charge in [0.1, 0.15) is 11.3 Å². The number of pyridine rings is 2. The highest BCUT2D eigenvalue weighted by atomic mass is 31.2. The van der Waals surface area contributed by atoms with E-state index in [-0.39, 0.29) is 6.16 Å². The van der Waals surface area contributed by atoms with E-state index in [1.807, 2.05) is 19.2 Å². The molecular weight excluding hydrogens is 473 g/mol. The molecule has 0 fully saturated rings. The van der Waals surface area contributed by atoms with Crippen LogP contribution in [0.3, 0.4) is 0 Å². The summed E-state index contributed by atoms with van der Waals surface area (Å²) >= 11 is 0. The maximum absolute atomic E-state index is 10.9. The third kappa shape index (κ3) is 6.82. The molecule has 8 heteroatoms. The molecule has 4 rings (SSSR count). The third-order valence-electron chi connectivity index (χ3n) is 6.48. The SMILES string of the molecule is Cc1ccc2c(c1)nc(N)c1ncc(CCc3ccc(OCCCCCCP(=O)(O)O)cc3C)cc12. The molecule has 0 amide bonds. The van der Waals surface area contributed by atoms with Gasteiger partial charge in [0.05, 0.1) is 12.1 Å². The van der Waals surface area contributed by atoms with Gasteiger partial charge in [0, 0.05) is 23.1 Å². The van der Waals surface area contributed by atoms with Crippen LogP contribution in [-0.2, 0) is 17.4 Å². The Balaban J connectivity index is 1.34. The van der Waals surface area contributed by atoms with Crippen molar-refractivity contribution in [3.8, 4) is 5.75 Å². The normalized spacial score (nSPS) is 11.9. The van der Waals surface area contributed by atoms with E-state index in [1.54, 1.807) is 0 Å². The molecule has 36 heavy (non-hydrogen) atoms. The first-order valence-electron chi connectivity index (χ1n) is 12.4. The van der Waals surface area contributed by atoms with Crippen molar-refractivity contribution < 1.29 is 19.1 Å². The van der Waals surface area contributed by atoms with Crippen molar-refractivity contribution in [2.45, 2.75) is 52.4 Å². The van der Waals surface area contributed by atoms with E-state index in [9.17, 15) is 4.57 Å². The lowest BCUT2D eigenvalue weighted by atomic mass is 9.99. The molecule has 0 unspecified atom stereocenters. The summed E-state index contributed by atoms with van der Waals surface area (Å²) in [7, 11) is -3.87. The Morgan fingerprint density at radius 1 is 0.944 bits per heavy atom. The third-order valence-corrected chi connectivity index (χ3v) is 7.38. The van der Waals surface area contributed by atoms with E-state index in [2.05, 4.69) is 53.3 Å². The van der Waals surface area contributed by atoms with Crippen molar-refractivity contribution in [2.24, 2.45) is 0 Å². The number of unbranched alkanes of at least 4 members (excludes halogenated alkanes) is 3. The lowest BCUT2D eigenvalue weighted by Crippen LogP contribution is -2.00. The van der Waals surface area contributed by atoms with Gasteiger partial charge >= 0.3 is 7.60 Å². The summed E-state index contributed by atoms with van der Waals surface area (Å²) in [6.07, 6.45) is 6.74. The first-order chi connectivity index (χ1) is 17.2. The standard InChI is InChI=1S/C28H34N3O4P/c1-19-7-12-24-25-17-21(18-30-27(25)28(29)31-26(24)15-19)8-9-22-10-11-23(16-20(22)2)35-13-5-3-4-6-14-36(32,33)34/h7,10-12,15-18H,3-6,8-9,13-14H2,1-2H3,(H2,29,31)(H2,32,33,34). The van der Waals surface area contributed by atoms with Crippen molar-refractivity contribution in [1.29, 1.82) is 0 Å². The summed E-state index contributed by atoms with van der Waals surface area (Å²) in [5, 5.41) is 2.11. The predicted octanol–water partition coefficient (Wildman–Crippen LogP) is 5.88. The van der Waals surface area contributed by atoms with Gasteiger partial charge in [0.2, 0.25) is 0 Å². The van der Waals surface area contributed by atoms with E-state index >= 15 is 0 Å². The van der Waals surface area contributed by atoms with Gasteiger partial charge < -0.3 is 20.3 Å². The molecule has 0 atom stereocenters. The van der Waals surface area contributed by atoms with Crippen molar-refractivity contribution >= 4 is 35.2 Å². The van der Waals surface area contributed by atoms with Gasteiger partial charge in [0.25, 0.3) is 0 Å². The second kappa shape index (κ2) is 11.4. The minimum atomic E-state index is -3.87. The van der Waals surface area contributed by atoms with E-state index in [0.717, 1.165) is 70.8 Å². The van der Waals surface area contributed by atoms with Crippen LogP contribution in [0.25, 0.3) is 21.8 Å². The molecule has 0 saturated carbocycles. The highest BCUT2D eigenvalue weighted by Crippen LogP contribution is 2.35. The molecule has 0 spiro atoms. The number of fused-ring (bicyclic) bond motifs is 3. The van der Waals surface area contributed by atoms with Gasteiger partial charge in [-0.05, 0) is 86.1 Å². The lowest BCUT2D eigenvalue weighted by Gasteiger charge is -2.11. The van der Waals surface area contributed by atoms with E-state index in [1.165, 1.54) is 11.1 Å². The van der Waals surface area contributed by atoms with Gasteiger partial charge in [-0.15, -0.1) is 0 Å². The molecule has 2 aromatic heterocycles. The number of rotatable bonds is 11. The van der Waals surface area contributed by atoms with Gasteiger partial charge in [-0.1, -0.05) is 31.0 Å². The summed E-state index contributed by atoms with van der Waals surface area (Å²) < 4.78 is 16.8. The second-order valence-electron chi connectivity index (χ2n) is 9.50. The molecule has 0 aliphatic rings. The van der Waals surface area contributed by atoms with Crippen molar-refractivity contribution in [3.63, 3.8) is 0 Å². The fourth-order valence-electron chi connectivity index (χ4n) is 4.48. The zero-order valence-electron chi connectivity index (χ0n) is 20.9. The summed E-state index contributed by atoms with van der Waals surface area (Å²) in [5.41, 5.74) is 12.6. The summed E-state index contributed by atoms with van der Waals surface area (Å²) in [4.78, 5) is 26.9. The molecule has 4 aromatic rings. The van der Waals surface area contributed by atoms with Gasteiger partial charge in [-0.25, -0.2) is 4.98 Å². The summed E-state index contributed by atoms with van der Waals surface area (Å²) in [6.45, 7) is 4.75. The molecule has 4 N–H and O–H groups in total. The Labute approximate surface area is 211 Å². The molecule has 190 valence electrons. The quantitative estimate of drug-likeness (QED) is 0.132. The monoisotopic (exact) mass is 507 g/mol. The highest BCUT2D eigenvalue weighted by Gasteiger charge is 2.11. The number of benzene rings is 2. The fourth-order valence-corrected chi connectivity index (χ4v) is 5.12. The zero-order chi connectivity index (χ0) is 25.7. The van der Waals surface area contributed by atoms with Crippen LogP contribution in [0.1, 0.15) is 47.9 Å². The highest BCUT2D eigenvalue weighted by molar-refractivity contribution is 7.51. The van der Waals surface area contributed by atoms with Crippen LogP contribution in [0.5, 0.6) is 5.75 Å². The number of nitrogen functional groups attached to an aromatic ring is 1. The van der Waals surface area contributed by atoms with Crippen LogP contribution in [0.15, 0.2) is 48.7 Å². The van der Waals surface area contributed by atoms with Crippen LogP contribution in [0.2, 0.25) is 0 Å². The molecule has 0 radical (unpaired) electrons. The average Bonchev–Trinajstić information content (AvgIpc) is 2.82. The van der Waals surface area contributed by atoms with Crippen molar-refractivity contribution in [1.82, 2.24) is 9.97 Å². The Hall–Kier alpha value is -2.99. The van der Waals surface area contributed by atoms with Crippen LogP contribution >= 0.6 is 7.60 Å². The van der Waals surface area contributed by atoms with Crippen molar-refractivity contribution in [2.75, 3.05) is 18.5 Å². The molecule has 0 bridgehead atoms. The minimum Gasteiger partial charge on any atom is -0.494 e. The van der Waals surface area contributed by atoms with Crippen LogP contribution in [0.4, 0.5) is 5.82 Å². The maximum atomic E-state index is 10.9. The Bertz CT molecular complexity index is 1420. The molecule has 0 aliphatic carbocycles. The molecule has 2 heterocycles. The lowest BCUT2D eigenvalue weighted by molar-refractivity contribution is 0.304.